The van der Waals surface area contributed by atoms with Crippen molar-refractivity contribution in [3.05, 3.63) is 29.8 Å². The van der Waals surface area contributed by atoms with Gasteiger partial charge in [0.05, 0.1) is 6.42 Å². The van der Waals surface area contributed by atoms with E-state index in [1.165, 1.54) is 6.07 Å². The quantitative estimate of drug-likeness (QED) is 0.846. The molecule has 0 radical (unpaired) electrons. The molecule has 1 atom stereocenters. The van der Waals surface area contributed by atoms with E-state index in [0.29, 0.717) is 16.7 Å². The molecule has 1 aromatic carbocycles. The predicted molar refractivity (Wildman–Crippen MR) is 59.1 cm³/mol. The summed E-state index contributed by atoms with van der Waals surface area (Å²) in [7, 11) is 0. The molecule has 1 rings (SSSR count). The molecule has 1 unspecified atom stereocenters. The highest BCUT2D eigenvalue weighted by molar-refractivity contribution is 8.00. The second-order valence-electron chi connectivity index (χ2n) is 3.56. The molecule has 0 aromatic heterocycles. The first-order valence-corrected chi connectivity index (χ1v) is 5.69. The molecule has 6 heteroatoms. The Labute approximate surface area is 101 Å². The molecule has 0 saturated heterocycles. The average Bonchev–Trinajstić information content (AvgIpc) is 2.14. The summed E-state index contributed by atoms with van der Waals surface area (Å²) in [5.74, 6) is -1.45. The van der Waals surface area contributed by atoms with Crippen LogP contribution >= 0.6 is 11.8 Å². The van der Waals surface area contributed by atoms with Crippen LogP contribution in [0.5, 0.6) is 0 Å². The van der Waals surface area contributed by atoms with Gasteiger partial charge in [-0.15, -0.1) is 11.8 Å². The molecule has 1 N–H and O–H groups in total. The van der Waals surface area contributed by atoms with Crippen molar-refractivity contribution in [2.75, 3.05) is 0 Å². The lowest BCUT2D eigenvalue weighted by atomic mass is 10.2. The minimum atomic E-state index is -4.52. The maximum Gasteiger partial charge on any atom is 0.401 e. The number of halogens is 3. The Morgan fingerprint density at radius 1 is 1.47 bits per heavy atom. The zero-order valence-corrected chi connectivity index (χ0v) is 9.81. The maximum absolute atomic E-state index is 12.6. The van der Waals surface area contributed by atoms with Gasteiger partial charge in [-0.3, -0.25) is 4.79 Å². The monoisotopic (exact) mass is 264 g/mol. The molecule has 0 spiro atoms. The molecule has 0 bridgehead atoms. The zero-order chi connectivity index (χ0) is 13.1. The third kappa shape index (κ3) is 4.68. The first-order chi connectivity index (χ1) is 7.79. The fourth-order valence-corrected chi connectivity index (χ4v) is 2.33. The summed E-state index contributed by atoms with van der Waals surface area (Å²) in [4.78, 5) is 10.8. The Morgan fingerprint density at radius 3 is 2.59 bits per heavy atom. The molecule has 0 aliphatic heterocycles. The number of aryl methyl sites for hydroxylation is 1. The van der Waals surface area contributed by atoms with Crippen molar-refractivity contribution < 1.29 is 23.1 Å². The van der Waals surface area contributed by atoms with Gasteiger partial charge in [0.25, 0.3) is 0 Å². The smallest absolute Gasteiger partial charge is 0.401 e. The van der Waals surface area contributed by atoms with Crippen molar-refractivity contribution >= 4 is 17.7 Å². The normalized spacial score (nSPS) is 13.4. The number of benzene rings is 1. The Kier molecular flexibility index (Phi) is 4.45. The minimum absolute atomic E-state index is 0.425. The van der Waals surface area contributed by atoms with E-state index < -0.39 is 23.8 Å². The van der Waals surface area contributed by atoms with E-state index in [1.807, 2.05) is 0 Å². The number of hydrogen-bond acceptors (Lipinski definition) is 2. The predicted octanol–water partition coefficient (Wildman–Crippen LogP) is 3.49. The molecule has 17 heavy (non-hydrogen) atoms. The molecule has 0 amide bonds. The second kappa shape index (κ2) is 5.44. The van der Waals surface area contributed by atoms with Crippen LogP contribution < -0.4 is 0 Å². The third-order valence-electron chi connectivity index (χ3n) is 1.99. The van der Waals surface area contributed by atoms with Crippen molar-refractivity contribution in [3.8, 4) is 0 Å². The Morgan fingerprint density at radius 2 is 2.12 bits per heavy atom. The van der Waals surface area contributed by atoms with Gasteiger partial charge in [0.1, 0.15) is 5.25 Å². The molecular formula is C11H11F3O2S. The van der Waals surface area contributed by atoms with E-state index in [4.69, 9.17) is 5.11 Å². The highest BCUT2D eigenvalue weighted by Crippen LogP contribution is 2.37. The van der Waals surface area contributed by atoms with Gasteiger partial charge in [0.2, 0.25) is 0 Å². The number of alkyl halides is 3. The van der Waals surface area contributed by atoms with E-state index in [9.17, 15) is 18.0 Å². The van der Waals surface area contributed by atoms with Crippen molar-refractivity contribution in [2.45, 2.75) is 29.7 Å². The molecule has 94 valence electrons. The van der Waals surface area contributed by atoms with Crippen molar-refractivity contribution in [3.63, 3.8) is 0 Å². The van der Waals surface area contributed by atoms with E-state index in [2.05, 4.69) is 0 Å². The summed E-state index contributed by atoms with van der Waals surface area (Å²) in [6.07, 6.45) is -5.45. The average molecular weight is 264 g/mol. The summed E-state index contributed by atoms with van der Waals surface area (Å²) in [5, 5.41) is 6.55. The highest BCUT2D eigenvalue weighted by atomic mass is 32.2. The van der Waals surface area contributed by atoms with E-state index in [1.54, 1.807) is 25.1 Å². The van der Waals surface area contributed by atoms with Gasteiger partial charge in [0.15, 0.2) is 0 Å². The standard InChI is InChI=1S/C11H11F3O2S/c1-7-3-2-4-8(5-7)17-9(6-10(15)16)11(12,13)14/h2-5,9H,6H2,1H3,(H,15,16). The lowest BCUT2D eigenvalue weighted by Gasteiger charge is -2.18. The number of hydrogen-bond donors (Lipinski definition) is 1. The summed E-state index contributed by atoms with van der Waals surface area (Å²) >= 11 is 0.532. The second-order valence-corrected chi connectivity index (χ2v) is 4.84. The molecule has 2 nitrogen and oxygen atoms in total. The van der Waals surface area contributed by atoms with Gasteiger partial charge in [-0.2, -0.15) is 13.2 Å². The summed E-state index contributed by atoms with van der Waals surface area (Å²) in [5.41, 5.74) is 0.839. The fraction of sp³-hybridized carbons (Fsp3) is 0.364. The van der Waals surface area contributed by atoms with Crippen LogP contribution in [0.3, 0.4) is 0 Å². The number of rotatable bonds is 4. The number of carboxylic acid groups (broad SMARTS) is 1. The van der Waals surface area contributed by atoms with Crippen LogP contribution in [-0.4, -0.2) is 22.5 Å². The van der Waals surface area contributed by atoms with Gasteiger partial charge in [-0.1, -0.05) is 17.7 Å². The van der Waals surface area contributed by atoms with E-state index >= 15 is 0 Å². The van der Waals surface area contributed by atoms with Crippen LogP contribution in [0.2, 0.25) is 0 Å². The van der Waals surface area contributed by atoms with Crippen LogP contribution in [0.4, 0.5) is 13.2 Å². The third-order valence-corrected chi connectivity index (χ3v) is 3.24. The van der Waals surface area contributed by atoms with Gasteiger partial charge < -0.3 is 5.11 Å². The van der Waals surface area contributed by atoms with Crippen molar-refractivity contribution in [1.82, 2.24) is 0 Å². The molecule has 0 saturated carbocycles. The number of thioether (sulfide) groups is 1. The molecule has 0 aliphatic rings. The van der Waals surface area contributed by atoms with Crippen LogP contribution in [0.25, 0.3) is 0 Å². The number of carbonyl (C=O) groups is 1. The SMILES string of the molecule is Cc1cccc(SC(CC(=O)O)C(F)(F)F)c1. The largest absolute Gasteiger partial charge is 0.481 e. The maximum atomic E-state index is 12.6. The summed E-state index contributed by atoms with van der Waals surface area (Å²) in [6, 6.07) is 6.55. The van der Waals surface area contributed by atoms with Crippen LogP contribution in [0.15, 0.2) is 29.2 Å². The van der Waals surface area contributed by atoms with Gasteiger partial charge in [-0.25, -0.2) is 0 Å². The first kappa shape index (κ1) is 13.9. The first-order valence-electron chi connectivity index (χ1n) is 4.81. The van der Waals surface area contributed by atoms with Crippen LogP contribution in [-0.2, 0) is 4.79 Å². The summed E-state index contributed by atoms with van der Waals surface area (Å²) in [6.45, 7) is 1.77. The summed E-state index contributed by atoms with van der Waals surface area (Å²) < 4.78 is 37.7. The fourth-order valence-electron chi connectivity index (χ4n) is 1.24. The van der Waals surface area contributed by atoms with Gasteiger partial charge in [0, 0.05) is 4.90 Å². The minimum Gasteiger partial charge on any atom is -0.481 e. The highest BCUT2D eigenvalue weighted by Gasteiger charge is 2.41. The van der Waals surface area contributed by atoms with E-state index in [-0.39, 0.29) is 0 Å². The zero-order valence-electron chi connectivity index (χ0n) is 8.99. The van der Waals surface area contributed by atoms with Gasteiger partial charge >= 0.3 is 12.1 Å². The topological polar surface area (TPSA) is 37.3 Å². The lowest BCUT2D eigenvalue weighted by Crippen LogP contribution is -2.28. The van der Waals surface area contributed by atoms with Crippen molar-refractivity contribution in [1.29, 1.82) is 0 Å². The number of aliphatic carboxylic acids is 1. The number of carboxylic acids is 1. The molecule has 1 aromatic rings. The van der Waals surface area contributed by atoms with E-state index in [0.717, 1.165) is 5.56 Å². The Hall–Kier alpha value is -1.17. The molecule has 0 aliphatic carbocycles. The molecule has 0 heterocycles. The van der Waals surface area contributed by atoms with Crippen molar-refractivity contribution in [2.24, 2.45) is 0 Å². The lowest BCUT2D eigenvalue weighted by molar-refractivity contribution is -0.149. The molecule has 0 fully saturated rings. The van der Waals surface area contributed by atoms with Crippen LogP contribution in [0, 0.1) is 6.92 Å². The Balaban J connectivity index is 2.83. The Bertz CT molecular complexity index is 404. The van der Waals surface area contributed by atoms with Gasteiger partial charge in [-0.05, 0) is 19.1 Å². The molecular weight excluding hydrogens is 253 g/mol. The van der Waals surface area contributed by atoms with Crippen LogP contribution in [0.1, 0.15) is 12.0 Å².